The number of nitrogens with zero attached hydrogens (tertiary/aromatic N) is 1. The molecule has 1 heterocycles. The monoisotopic (exact) mass is 233 g/mol. The SMILES string of the molecule is CC(C)c1cc2c(cc1F)CC(C(C)(C)C)=N2. The third-order valence-corrected chi connectivity index (χ3v) is 3.30. The van der Waals surface area contributed by atoms with Crippen molar-refractivity contribution in [3.05, 3.63) is 29.1 Å². The molecule has 0 radical (unpaired) electrons. The molecule has 0 aromatic heterocycles. The first-order valence-corrected chi connectivity index (χ1v) is 6.19. The van der Waals surface area contributed by atoms with Crippen molar-refractivity contribution in [1.82, 2.24) is 0 Å². The number of rotatable bonds is 1. The molecule has 0 amide bonds. The van der Waals surface area contributed by atoms with Gasteiger partial charge in [-0.1, -0.05) is 34.6 Å². The van der Waals surface area contributed by atoms with Gasteiger partial charge < -0.3 is 0 Å². The molecule has 0 unspecified atom stereocenters. The third kappa shape index (κ3) is 2.26. The molecule has 1 aliphatic heterocycles. The Balaban J connectivity index is 2.44. The molecule has 0 atom stereocenters. The molecule has 17 heavy (non-hydrogen) atoms. The van der Waals surface area contributed by atoms with Crippen LogP contribution in [0.4, 0.5) is 10.1 Å². The fourth-order valence-corrected chi connectivity index (χ4v) is 2.11. The zero-order valence-corrected chi connectivity index (χ0v) is 11.3. The maximum absolute atomic E-state index is 13.9. The number of hydrogen-bond donors (Lipinski definition) is 0. The summed E-state index contributed by atoms with van der Waals surface area (Å²) in [5.41, 5.74) is 3.96. The second kappa shape index (κ2) is 3.94. The van der Waals surface area contributed by atoms with E-state index >= 15 is 0 Å². The maximum Gasteiger partial charge on any atom is 0.127 e. The summed E-state index contributed by atoms with van der Waals surface area (Å²) in [6.07, 6.45) is 0.786. The van der Waals surface area contributed by atoms with Crippen LogP contribution in [-0.4, -0.2) is 5.71 Å². The van der Waals surface area contributed by atoms with E-state index in [4.69, 9.17) is 0 Å². The van der Waals surface area contributed by atoms with Gasteiger partial charge in [0, 0.05) is 17.5 Å². The smallest absolute Gasteiger partial charge is 0.127 e. The van der Waals surface area contributed by atoms with Crippen LogP contribution >= 0.6 is 0 Å². The van der Waals surface area contributed by atoms with E-state index in [1.807, 2.05) is 19.9 Å². The first-order chi connectivity index (χ1) is 7.79. The van der Waals surface area contributed by atoms with Gasteiger partial charge in [0.1, 0.15) is 5.82 Å². The highest BCUT2D eigenvalue weighted by Gasteiger charge is 2.26. The minimum atomic E-state index is -0.0934. The molecule has 92 valence electrons. The van der Waals surface area contributed by atoms with E-state index in [0.717, 1.165) is 28.9 Å². The molecular formula is C15H20FN. The van der Waals surface area contributed by atoms with Crippen LogP contribution in [0.15, 0.2) is 17.1 Å². The highest BCUT2D eigenvalue weighted by molar-refractivity contribution is 5.97. The number of hydrogen-bond acceptors (Lipinski definition) is 1. The first kappa shape index (κ1) is 12.3. The van der Waals surface area contributed by atoms with Gasteiger partial charge in [-0.15, -0.1) is 0 Å². The lowest BCUT2D eigenvalue weighted by molar-refractivity contribution is 0.583. The molecule has 0 bridgehead atoms. The van der Waals surface area contributed by atoms with Crippen LogP contribution in [0.1, 0.15) is 51.7 Å². The standard InChI is InChI=1S/C15H20FN/c1-9(2)11-8-13-10(6-12(11)16)7-14(17-13)15(3,4)5/h6,8-9H,7H2,1-5H3. The molecule has 0 saturated heterocycles. The van der Waals surface area contributed by atoms with Gasteiger partial charge >= 0.3 is 0 Å². The molecule has 0 fully saturated rings. The predicted octanol–water partition coefficient (Wildman–Crippen LogP) is 4.62. The van der Waals surface area contributed by atoms with Gasteiger partial charge in [-0.25, -0.2) is 4.39 Å². The quantitative estimate of drug-likeness (QED) is 0.671. The van der Waals surface area contributed by atoms with Crippen LogP contribution in [-0.2, 0) is 6.42 Å². The van der Waals surface area contributed by atoms with E-state index in [9.17, 15) is 4.39 Å². The van der Waals surface area contributed by atoms with Gasteiger partial charge in [0.05, 0.1) is 5.69 Å². The molecule has 1 nitrogen and oxygen atoms in total. The minimum Gasteiger partial charge on any atom is -0.257 e. The zero-order valence-electron chi connectivity index (χ0n) is 11.3. The fourth-order valence-electron chi connectivity index (χ4n) is 2.11. The largest absolute Gasteiger partial charge is 0.257 e. The second-order valence-corrected chi connectivity index (χ2v) is 6.14. The zero-order chi connectivity index (χ0) is 12.8. The van der Waals surface area contributed by atoms with Crippen molar-refractivity contribution in [2.45, 2.75) is 47.0 Å². The topological polar surface area (TPSA) is 12.4 Å². The minimum absolute atomic E-state index is 0.0630. The van der Waals surface area contributed by atoms with Gasteiger partial charge in [-0.3, -0.25) is 4.99 Å². The molecular weight excluding hydrogens is 213 g/mol. The summed E-state index contributed by atoms with van der Waals surface area (Å²) in [5, 5.41) is 0. The Morgan fingerprint density at radius 2 is 1.88 bits per heavy atom. The molecule has 2 heteroatoms. The van der Waals surface area contributed by atoms with Gasteiger partial charge in [0.15, 0.2) is 0 Å². The lowest BCUT2D eigenvalue weighted by Gasteiger charge is -2.17. The van der Waals surface area contributed by atoms with Crippen molar-refractivity contribution < 1.29 is 4.39 Å². The molecule has 0 spiro atoms. The first-order valence-electron chi connectivity index (χ1n) is 6.19. The molecule has 1 aliphatic rings. The fraction of sp³-hybridized carbons (Fsp3) is 0.533. The van der Waals surface area contributed by atoms with E-state index < -0.39 is 0 Å². The molecule has 0 aliphatic carbocycles. The molecule has 1 aromatic rings. The Kier molecular flexibility index (Phi) is 2.84. The number of halogens is 1. The molecule has 0 saturated carbocycles. The number of fused-ring (bicyclic) bond motifs is 1. The lowest BCUT2D eigenvalue weighted by Crippen LogP contribution is -2.19. The van der Waals surface area contributed by atoms with Crippen LogP contribution in [0, 0.1) is 11.2 Å². The predicted molar refractivity (Wildman–Crippen MR) is 70.7 cm³/mol. The summed E-state index contributed by atoms with van der Waals surface area (Å²) in [4.78, 5) is 4.66. The molecule has 1 aromatic carbocycles. The van der Waals surface area contributed by atoms with Crippen LogP contribution in [0.5, 0.6) is 0 Å². The van der Waals surface area contributed by atoms with Crippen molar-refractivity contribution in [2.75, 3.05) is 0 Å². The van der Waals surface area contributed by atoms with E-state index in [1.165, 1.54) is 0 Å². The highest BCUT2D eigenvalue weighted by Crippen LogP contribution is 2.36. The second-order valence-electron chi connectivity index (χ2n) is 6.14. The highest BCUT2D eigenvalue weighted by atomic mass is 19.1. The Bertz CT molecular complexity index is 478. The lowest BCUT2D eigenvalue weighted by atomic mass is 9.87. The summed E-state index contributed by atoms with van der Waals surface area (Å²) in [5.74, 6) is 0.110. The Labute approximate surface area is 103 Å². The van der Waals surface area contributed by atoms with E-state index in [0.29, 0.717) is 0 Å². The normalized spacial score (nSPS) is 15.1. The van der Waals surface area contributed by atoms with Crippen LogP contribution in [0.2, 0.25) is 0 Å². The Hall–Kier alpha value is -1.18. The van der Waals surface area contributed by atoms with Crippen molar-refractivity contribution in [3.63, 3.8) is 0 Å². The van der Waals surface area contributed by atoms with Crippen molar-refractivity contribution in [3.8, 4) is 0 Å². The summed E-state index contributed by atoms with van der Waals surface area (Å²) >= 11 is 0. The van der Waals surface area contributed by atoms with Crippen LogP contribution in [0.3, 0.4) is 0 Å². The third-order valence-electron chi connectivity index (χ3n) is 3.30. The number of benzene rings is 1. The maximum atomic E-state index is 13.9. The van der Waals surface area contributed by atoms with Gasteiger partial charge in [-0.05, 0) is 29.2 Å². The van der Waals surface area contributed by atoms with Crippen molar-refractivity contribution in [2.24, 2.45) is 10.4 Å². The van der Waals surface area contributed by atoms with E-state index in [-0.39, 0.29) is 17.2 Å². The van der Waals surface area contributed by atoms with Crippen molar-refractivity contribution >= 4 is 11.4 Å². The average molecular weight is 233 g/mol. The van der Waals surface area contributed by atoms with E-state index in [1.54, 1.807) is 6.07 Å². The Morgan fingerprint density at radius 3 is 2.41 bits per heavy atom. The summed E-state index contributed by atoms with van der Waals surface area (Å²) in [6, 6.07) is 3.57. The summed E-state index contributed by atoms with van der Waals surface area (Å²) < 4.78 is 13.9. The Morgan fingerprint density at radius 1 is 1.24 bits per heavy atom. The van der Waals surface area contributed by atoms with Crippen LogP contribution in [0.25, 0.3) is 0 Å². The van der Waals surface area contributed by atoms with Gasteiger partial charge in [0.2, 0.25) is 0 Å². The average Bonchev–Trinajstić information content (AvgIpc) is 2.58. The summed E-state index contributed by atoms with van der Waals surface area (Å²) in [7, 11) is 0. The van der Waals surface area contributed by atoms with Crippen LogP contribution < -0.4 is 0 Å². The summed E-state index contributed by atoms with van der Waals surface area (Å²) in [6.45, 7) is 10.5. The molecule has 2 rings (SSSR count). The number of aliphatic imine (C=N–C) groups is 1. The van der Waals surface area contributed by atoms with Gasteiger partial charge in [-0.2, -0.15) is 0 Å². The molecule has 0 N–H and O–H groups in total. The van der Waals surface area contributed by atoms with E-state index in [2.05, 4.69) is 25.8 Å². The van der Waals surface area contributed by atoms with Crippen molar-refractivity contribution in [1.29, 1.82) is 0 Å². The van der Waals surface area contributed by atoms with Gasteiger partial charge in [0.25, 0.3) is 0 Å².